The number of aliphatic carboxylic acids is 1. The molecule has 2 rings (SSSR count). The van der Waals surface area contributed by atoms with Crippen LogP contribution in [0.3, 0.4) is 0 Å². The van der Waals surface area contributed by atoms with Gasteiger partial charge >= 0.3 is 12.0 Å². The number of hydrogen-bond acceptors (Lipinski definition) is 4. The van der Waals surface area contributed by atoms with E-state index in [1.165, 1.54) is 12.8 Å². The van der Waals surface area contributed by atoms with Gasteiger partial charge in [-0.3, -0.25) is 4.90 Å². The fourth-order valence-electron chi connectivity index (χ4n) is 3.28. The summed E-state index contributed by atoms with van der Waals surface area (Å²) in [6.07, 6.45) is 6.91. The zero-order chi connectivity index (χ0) is 15.2. The molecule has 2 aliphatic heterocycles. The zero-order valence-corrected chi connectivity index (χ0v) is 13.3. The molecule has 2 aliphatic rings. The molecule has 21 heavy (non-hydrogen) atoms. The summed E-state index contributed by atoms with van der Waals surface area (Å²) in [6, 6.07) is -0.568. The number of carboxylic acid groups (broad SMARTS) is 1. The van der Waals surface area contributed by atoms with Crippen LogP contribution in [0.5, 0.6) is 0 Å². The second-order valence-electron chi connectivity index (χ2n) is 5.78. The van der Waals surface area contributed by atoms with Gasteiger partial charge in [0, 0.05) is 18.6 Å². The number of hydrogen-bond donors (Lipinski definition) is 3. The van der Waals surface area contributed by atoms with Gasteiger partial charge < -0.3 is 15.7 Å². The van der Waals surface area contributed by atoms with Crippen LogP contribution in [0.15, 0.2) is 0 Å². The number of nitrogens with one attached hydrogen (secondary N) is 2. The van der Waals surface area contributed by atoms with Crippen LogP contribution in [0.2, 0.25) is 0 Å². The largest absolute Gasteiger partial charge is 0.480 e. The molecule has 0 radical (unpaired) electrons. The molecule has 2 unspecified atom stereocenters. The predicted octanol–water partition coefficient (Wildman–Crippen LogP) is 1.12. The smallest absolute Gasteiger partial charge is 0.326 e. The van der Waals surface area contributed by atoms with Crippen LogP contribution in [0.1, 0.15) is 32.1 Å². The van der Waals surface area contributed by atoms with Crippen molar-refractivity contribution < 1.29 is 14.7 Å². The van der Waals surface area contributed by atoms with Crippen molar-refractivity contribution in [1.29, 1.82) is 0 Å². The lowest BCUT2D eigenvalue weighted by Crippen LogP contribution is -2.53. The summed E-state index contributed by atoms with van der Waals surface area (Å²) < 4.78 is 0. The Bertz CT molecular complexity index is 380. The van der Waals surface area contributed by atoms with Crippen LogP contribution in [-0.4, -0.2) is 65.2 Å². The van der Waals surface area contributed by atoms with Gasteiger partial charge in [0.2, 0.25) is 0 Å². The number of carbonyl (C=O) groups is 2. The number of thioether (sulfide) groups is 1. The number of piperidine rings is 1. The standard InChI is InChI=1S/C14H25N3O3S/c1-21-9-6-11(13(18)19)16-14(20)15-10-5-8-17-7-3-2-4-12(10)17/h10-12H,2-9H2,1H3,(H,18,19)(H2,15,16,20)/t10?,11-,12?/m0/s1. The molecular formula is C14H25N3O3S. The highest BCUT2D eigenvalue weighted by Gasteiger charge is 2.36. The van der Waals surface area contributed by atoms with E-state index >= 15 is 0 Å². The van der Waals surface area contributed by atoms with E-state index in [9.17, 15) is 9.59 Å². The lowest BCUT2D eigenvalue weighted by molar-refractivity contribution is -0.139. The lowest BCUT2D eigenvalue weighted by atomic mass is 9.99. The Morgan fingerprint density at radius 1 is 1.33 bits per heavy atom. The van der Waals surface area contributed by atoms with Crippen molar-refractivity contribution in [3.05, 3.63) is 0 Å². The van der Waals surface area contributed by atoms with Crippen LogP contribution in [0, 0.1) is 0 Å². The van der Waals surface area contributed by atoms with Crippen molar-refractivity contribution in [3.63, 3.8) is 0 Å². The van der Waals surface area contributed by atoms with Gasteiger partial charge in [0.05, 0.1) is 0 Å². The number of fused-ring (bicyclic) bond motifs is 1. The number of rotatable bonds is 6. The first-order valence-electron chi connectivity index (χ1n) is 7.64. The van der Waals surface area contributed by atoms with Crippen molar-refractivity contribution in [2.24, 2.45) is 0 Å². The Hall–Kier alpha value is -0.950. The third-order valence-electron chi connectivity index (χ3n) is 4.39. The molecule has 6 nitrogen and oxygen atoms in total. The van der Waals surface area contributed by atoms with Crippen molar-refractivity contribution in [2.75, 3.05) is 25.1 Å². The maximum Gasteiger partial charge on any atom is 0.326 e. The minimum Gasteiger partial charge on any atom is -0.480 e. The molecule has 3 atom stereocenters. The molecule has 0 aromatic rings. The van der Waals surface area contributed by atoms with Gasteiger partial charge in [-0.15, -0.1) is 0 Å². The first-order valence-corrected chi connectivity index (χ1v) is 9.04. The van der Waals surface area contributed by atoms with Gasteiger partial charge in [-0.1, -0.05) is 6.42 Å². The highest BCUT2D eigenvalue weighted by Crippen LogP contribution is 2.26. The third kappa shape index (κ3) is 4.51. The maximum atomic E-state index is 12.0. The number of nitrogens with zero attached hydrogens (tertiary/aromatic N) is 1. The Kier molecular flexibility index (Phi) is 6.17. The number of carbonyl (C=O) groups excluding carboxylic acids is 1. The third-order valence-corrected chi connectivity index (χ3v) is 5.03. The lowest BCUT2D eigenvalue weighted by Gasteiger charge is -2.32. The Balaban J connectivity index is 1.81. The molecule has 0 spiro atoms. The van der Waals surface area contributed by atoms with Crippen molar-refractivity contribution in [2.45, 2.75) is 50.2 Å². The van der Waals surface area contributed by atoms with E-state index < -0.39 is 12.0 Å². The van der Waals surface area contributed by atoms with E-state index in [-0.39, 0.29) is 12.1 Å². The van der Waals surface area contributed by atoms with Crippen LogP contribution in [0.4, 0.5) is 4.79 Å². The molecule has 0 aromatic carbocycles. The Morgan fingerprint density at radius 2 is 2.14 bits per heavy atom. The quantitative estimate of drug-likeness (QED) is 0.684. The summed E-state index contributed by atoms with van der Waals surface area (Å²) >= 11 is 1.58. The van der Waals surface area contributed by atoms with Crippen LogP contribution < -0.4 is 10.6 Å². The zero-order valence-electron chi connectivity index (χ0n) is 12.5. The summed E-state index contributed by atoms with van der Waals surface area (Å²) in [5, 5.41) is 14.7. The van der Waals surface area contributed by atoms with Crippen molar-refractivity contribution in [3.8, 4) is 0 Å². The summed E-state index contributed by atoms with van der Waals surface area (Å²) in [7, 11) is 0. The highest BCUT2D eigenvalue weighted by molar-refractivity contribution is 7.98. The Labute approximate surface area is 130 Å². The van der Waals surface area contributed by atoms with Gasteiger partial charge in [0.15, 0.2) is 0 Å². The predicted molar refractivity (Wildman–Crippen MR) is 83.7 cm³/mol. The minimum absolute atomic E-state index is 0.153. The molecule has 2 saturated heterocycles. The van der Waals surface area contributed by atoms with Gasteiger partial charge in [-0.2, -0.15) is 11.8 Å². The molecule has 2 heterocycles. The molecule has 0 bridgehead atoms. The average Bonchev–Trinajstić information content (AvgIpc) is 2.86. The van der Waals surface area contributed by atoms with E-state index in [2.05, 4.69) is 15.5 Å². The molecule has 7 heteroatoms. The number of carboxylic acids is 1. The van der Waals surface area contributed by atoms with Crippen LogP contribution >= 0.6 is 11.8 Å². The normalized spacial score (nSPS) is 26.9. The van der Waals surface area contributed by atoms with Crippen LogP contribution in [-0.2, 0) is 4.79 Å². The topological polar surface area (TPSA) is 81.7 Å². The molecule has 0 aromatic heterocycles. The molecule has 2 fully saturated rings. The van der Waals surface area contributed by atoms with Crippen molar-refractivity contribution >= 4 is 23.8 Å². The van der Waals surface area contributed by atoms with Gasteiger partial charge in [0.25, 0.3) is 0 Å². The summed E-state index contributed by atoms with van der Waals surface area (Å²) in [5.74, 6) is -0.248. The first kappa shape index (κ1) is 16.4. The maximum absolute atomic E-state index is 12.0. The van der Waals surface area contributed by atoms with E-state index in [0.29, 0.717) is 12.5 Å². The second-order valence-corrected chi connectivity index (χ2v) is 6.77. The van der Waals surface area contributed by atoms with E-state index in [4.69, 9.17) is 5.11 Å². The van der Waals surface area contributed by atoms with Gasteiger partial charge in [-0.05, 0) is 44.2 Å². The summed E-state index contributed by atoms with van der Waals surface area (Å²) in [5.41, 5.74) is 0. The number of amides is 2. The first-order chi connectivity index (χ1) is 10.1. The molecule has 120 valence electrons. The summed E-state index contributed by atoms with van der Waals surface area (Å²) in [6.45, 7) is 2.15. The van der Waals surface area contributed by atoms with Crippen molar-refractivity contribution in [1.82, 2.24) is 15.5 Å². The van der Waals surface area contributed by atoms with E-state index in [0.717, 1.165) is 31.7 Å². The van der Waals surface area contributed by atoms with Crippen LogP contribution in [0.25, 0.3) is 0 Å². The van der Waals surface area contributed by atoms with Gasteiger partial charge in [0.1, 0.15) is 6.04 Å². The monoisotopic (exact) mass is 315 g/mol. The van der Waals surface area contributed by atoms with E-state index in [1.807, 2.05) is 6.26 Å². The molecule has 0 saturated carbocycles. The minimum atomic E-state index is -0.968. The molecular weight excluding hydrogens is 290 g/mol. The van der Waals surface area contributed by atoms with E-state index in [1.54, 1.807) is 11.8 Å². The second kappa shape index (κ2) is 7.89. The highest BCUT2D eigenvalue weighted by atomic mass is 32.2. The fraction of sp³-hybridized carbons (Fsp3) is 0.857. The van der Waals surface area contributed by atoms with Gasteiger partial charge in [-0.25, -0.2) is 9.59 Å². The summed E-state index contributed by atoms with van der Waals surface area (Å²) in [4.78, 5) is 25.6. The molecule has 0 aliphatic carbocycles. The fourth-order valence-corrected chi connectivity index (χ4v) is 3.75. The average molecular weight is 315 g/mol. The SMILES string of the molecule is CSCC[C@H](NC(=O)NC1CCN2CCCCC12)C(=O)O. The molecule has 3 N–H and O–H groups in total. The Morgan fingerprint density at radius 3 is 2.86 bits per heavy atom. The molecule has 2 amide bonds. The number of urea groups is 1.